The number of carboxylic acid groups (broad SMARTS) is 1. The van der Waals surface area contributed by atoms with Gasteiger partial charge in [-0.1, -0.05) is 42.8 Å². The van der Waals surface area contributed by atoms with Crippen molar-refractivity contribution >= 4 is 12.3 Å². The van der Waals surface area contributed by atoms with Crippen LogP contribution in [0.15, 0.2) is 42.5 Å². The quantitative estimate of drug-likeness (QED) is 0.392. The number of hydrogen-bond acceptors (Lipinski definition) is 4. The summed E-state index contributed by atoms with van der Waals surface area (Å²) < 4.78 is 0. The number of nitrogens with one attached hydrogen (secondary N) is 1. The molecule has 29 heavy (non-hydrogen) atoms. The van der Waals surface area contributed by atoms with Gasteiger partial charge in [0.15, 0.2) is 0 Å². The molecule has 0 spiro atoms. The van der Waals surface area contributed by atoms with E-state index < -0.39 is 0 Å². The van der Waals surface area contributed by atoms with E-state index in [2.05, 4.69) is 71.0 Å². The number of aromatic nitrogens is 1. The summed E-state index contributed by atoms with van der Waals surface area (Å²) in [4.78, 5) is 15.4. The Bertz CT molecular complexity index is 694. The zero-order valence-corrected chi connectivity index (χ0v) is 21.2. The SMILES string of the molecule is O=CO.[CH2-]CCCc1ccc2c(n1)NCCC2.[U+2].c1ccc(CN2C[CH-]C2)cc1. The first kappa shape index (κ1) is 25.7. The molecule has 2 aliphatic rings. The molecular weight excluding hydrogens is 588 g/mol. The summed E-state index contributed by atoms with van der Waals surface area (Å²) in [5.74, 6) is 1.11. The van der Waals surface area contributed by atoms with Crippen LogP contribution in [0.1, 0.15) is 36.1 Å². The van der Waals surface area contributed by atoms with Gasteiger partial charge < -0.3 is 28.7 Å². The fourth-order valence-corrected chi connectivity index (χ4v) is 3.10. The molecule has 0 aliphatic carbocycles. The molecule has 1 fully saturated rings. The number of hydrogen-bond donors (Lipinski definition) is 2. The van der Waals surface area contributed by atoms with Crippen molar-refractivity contribution in [1.82, 2.24) is 9.88 Å². The number of benzene rings is 1. The van der Waals surface area contributed by atoms with Crippen molar-refractivity contribution in [3.8, 4) is 0 Å². The van der Waals surface area contributed by atoms with Crippen LogP contribution in [0.3, 0.4) is 0 Å². The Labute approximate surface area is 198 Å². The number of aryl methyl sites for hydroxylation is 2. The van der Waals surface area contributed by atoms with Gasteiger partial charge in [-0.3, -0.25) is 4.79 Å². The first-order valence-electron chi connectivity index (χ1n) is 9.94. The van der Waals surface area contributed by atoms with Gasteiger partial charge in [0.2, 0.25) is 0 Å². The third kappa shape index (κ3) is 9.80. The van der Waals surface area contributed by atoms with Gasteiger partial charge in [-0.15, -0.1) is 13.1 Å². The van der Waals surface area contributed by atoms with Crippen molar-refractivity contribution in [2.75, 3.05) is 25.0 Å². The van der Waals surface area contributed by atoms with E-state index in [4.69, 9.17) is 9.90 Å². The second kappa shape index (κ2) is 15.5. The fraction of sp³-hybridized carbons (Fsp3) is 0.391. The Morgan fingerprint density at radius 3 is 2.55 bits per heavy atom. The molecule has 0 amide bonds. The first-order chi connectivity index (χ1) is 13.8. The second-order valence-electron chi connectivity index (χ2n) is 6.87. The van der Waals surface area contributed by atoms with Crippen LogP contribution in [0.2, 0.25) is 0 Å². The molecule has 5 nitrogen and oxygen atoms in total. The molecule has 154 valence electrons. The monoisotopic (exact) mass is 619 g/mol. The van der Waals surface area contributed by atoms with Crippen LogP contribution in [0, 0.1) is 44.5 Å². The van der Waals surface area contributed by atoms with Crippen LogP contribution in [0.25, 0.3) is 0 Å². The molecule has 6 heteroatoms. The minimum absolute atomic E-state index is 0. The molecule has 2 aliphatic heterocycles. The van der Waals surface area contributed by atoms with Gasteiger partial charge in [0.05, 0.1) is 0 Å². The topological polar surface area (TPSA) is 65.5 Å². The molecular formula is C23H31N3O2U. The molecule has 1 saturated heterocycles. The summed E-state index contributed by atoms with van der Waals surface area (Å²) in [7, 11) is 0. The molecule has 1 aromatic heterocycles. The molecule has 1 aromatic carbocycles. The maximum atomic E-state index is 8.36. The number of fused-ring (bicyclic) bond motifs is 1. The average molecular weight is 620 g/mol. The maximum Gasteiger partial charge on any atom is 2.00 e. The van der Waals surface area contributed by atoms with Gasteiger partial charge in [0.25, 0.3) is 6.47 Å². The third-order valence-corrected chi connectivity index (χ3v) is 4.66. The van der Waals surface area contributed by atoms with E-state index in [0.29, 0.717) is 0 Å². The second-order valence-corrected chi connectivity index (χ2v) is 6.87. The van der Waals surface area contributed by atoms with Crippen molar-refractivity contribution in [3.63, 3.8) is 0 Å². The van der Waals surface area contributed by atoms with Crippen molar-refractivity contribution < 1.29 is 41.0 Å². The van der Waals surface area contributed by atoms with Crippen LogP contribution >= 0.6 is 0 Å². The minimum atomic E-state index is -0.250. The summed E-state index contributed by atoms with van der Waals surface area (Å²) in [5.41, 5.74) is 3.98. The predicted octanol–water partition coefficient (Wildman–Crippen LogP) is 4.00. The Balaban J connectivity index is 0.000000253. The average Bonchev–Trinajstić information content (AvgIpc) is 2.71. The van der Waals surface area contributed by atoms with E-state index in [-0.39, 0.29) is 37.6 Å². The van der Waals surface area contributed by atoms with Crippen LogP contribution in [-0.2, 0) is 24.2 Å². The van der Waals surface area contributed by atoms with Gasteiger partial charge in [-0.05, 0) is 36.5 Å². The van der Waals surface area contributed by atoms with E-state index in [0.717, 1.165) is 51.3 Å². The molecule has 0 unspecified atom stereocenters. The number of anilines is 1. The largest absolute Gasteiger partial charge is 2.00 e. The number of carbonyl (C=O) groups is 1. The van der Waals surface area contributed by atoms with Crippen LogP contribution in [-0.4, -0.2) is 41.1 Å². The number of rotatable bonds is 5. The van der Waals surface area contributed by atoms with Crippen molar-refractivity contribution in [1.29, 1.82) is 0 Å². The summed E-state index contributed by atoms with van der Waals surface area (Å²) in [6.07, 6.45) is 7.87. The summed E-state index contributed by atoms with van der Waals surface area (Å²) in [6, 6.07) is 15.0. The molecule has 0 atom stereocenters. The number of unbranched alkanes of at least 4 members (excludes halogenated alkanes) is 1. The smallest absolute Gasteiger partial charge is 0.483 e. The summed E-state index contributed by atoms with van der Waals surface area (Å²) in [6.45, 7) is 8.09. The van der Waals surface area contributed by atoms with Crippen LogP contribution < -0.4 is 5.32 Å². The Morgan fingerprint density at radius 1 is 1.21 bits per heavy atom. The van der Waals surface area contributed by atoms with E-state index in [1.807, 2.05) is 0 Å². The molecule has 0 bridgehead atoms. The maximum absolute atomic E-state index is 8.36. The van der Waals surface area contributed by atoms with Gasteiger partial charge in [0.1, 0.15) is 5.82 Å². The van der Waals surface area contributed by atoms with Crippen LogP contribution in [0.4, 0.5) is 5.82 Å². The standard InChI is InChI=1S/C12H17N2.C10H12N.CH2O2.U/c1-2-3-6-11-8-7-10-5-4-9-13-12(10)14-11;1-2-5-10(6-3-1)9-11-7-4-8-11;2-1-3;/h7-8H,1-6,9H2,(H,13,14);1-6H,7-9H2;1H,(H,2,3);/q2*-1;;+2. The molecule has 0 saturated carbocycles. The van der Waals surface area contributed by atoms with Crippen molar-refractivity contribution in [2.24, 2.45) is 0 Å². The van der Waals surface area contributed by atoms with E-state index in [1.165, 1.54) is 29.7 Å². The van der Waals surface area contributed by atoms with E-state index >= 15 is 0 Å². The third-order valence-electron chi connectivity index (χ3n) is 4.66. The number of pyridine rings is 1. The molecule has 4 rings (SSSR count). The number of likely N-dealkylation sites (tertiary alicyclic amines) is 1. The van der Waals surface area contributed by atoms with Crippen LogP contribution in [0.5, 0.6) is 0 Å². The Kier molecular flexibility index (Phi) is 13.7. The zero-order chi connectivity index (χ0) is 20.0. The Hall–Kier alpha value is -1.35. The van der Waals surface area contributed by atoms with Gasteiger partial charge in [-0.2, -0.15) is 6.42 Å². The van der Waals surface area contributed by atoms with E-state index in [1.54, 1.807) is 0 Å². The predicted molar refractivity (Wildman–Crippen MR) is 114 cm³/mol. The molecule has 3 heterocycles. The zero-order valence-electron chi connectivity index (χ0n) is 17.0. The normalized spacial score (nSPS) is 14.2. The van der Waals surface area contributed by atoms with Gasteiger partial charge in [-0.25, -0.2) is 4.98 Å². The van der Waals surface area contributed by atoms with E-state index in [9.17, 15) is 0 Å². The van der Waals surface area contributed by atoms with Gasteiger partial charge >= 0.3 is 31.1 Å². The Morgan fingerprint density at radius 2 is 1.93 bits per heavy atom. The van der Waals surface area contributed by atoms with Crippen molar-refractivity contribution in [3.05, 3.63) is 72.6 Å². The fourth-order valence-electron chi connectivity index (χ4n) is 3.10. The summed E-state index contributed by atoms with van der Waals surface area (Å²) >= 11 is 0. The minimum Gasteiger partial charge on any atom is -0.483 e. The first-order valence-corrected chi connectivity index (χ1v) is 9.94. The van der Waals surface area contributed by atoms with Crippen molar-refractivity contribution in [2.45, 2.75) is 38.6 Å². The number of nitrogens with zero attached hydrogens (tertiary/aromatic N) is 2. The molecule has 2 N–H and O–H groups in total. The molecule has 2 aromatic rings. The summed E-state index contributed by atoms with van der Waals surface area (Å²) in [5, 5.41) is 10.2. The van der Waals surface area contributed by atoms with Gasteiger partial charge in [0, 0.05) is 18.8 Å². The molecule has 0 radical (unpaired) electrons.